The number of nitrogens with zero attached hydrogens (tertiary/aromatic N) is 2. The first-order chi connectivity index (χ1) is 12.7. The third kappa shape index (κ3) is 4.26. The molecule has 1 aliphatic rings. The van der Waals surface area contributed by atoms with Crippen molar-refractivity contribution in [2.75, 3.05) is 45.7 Å². The predicted molar refractivity (Wildman–Crippen MR) is 102 cm³/mol. The fourth-order valence-corrected chi connectivity index (χ4v) is 3.13. The zero-order chi connectivity index (χ0) is 18.4. The number of amides is 2. The summed E-state index contributed by atoms with van der Waals surface area (Å²) in [4.78, 5) is 16.7. The van der Waals surface area contributed by atoms with E-state index in [0.29, 0.717) is 24.5 Å². The van der Waals surface area contributed by atoms with Gasteiger partial charge in [0.25, 0.3) is 0 Å². The number of ether oxygens (including phenoxy) is 2. The average Bonchev–Trinajstić information content (AvgIpc) is 2.69. The summed E-state index contributed by atoms with van der Waals surface area (Å²) in [5.74, 6) is 1.57. The van der Waals surface area contributed by atoms with Crippen LogP contribution < -0.4 is 14.8 Å². The molecule has 26 heavy (non-hydrogen) atoms. The summed E-state index contributed by atoms with van der Waals surface area (Å²) in [7, 11) is 3.29. The molecule has 1 heterocycles. The van der Waals surface area contributed by atoms with Crippen LogP contribution in [0.1, 0.15) is 5.56 Å². The maximum absolute atomic E-state index is 12.5. The van der Waals surface area contributed by atoms with Crippen molar-refractivity contribution in [1.29, 1.82) is 0 Å². The first-order valence-electron chi connectivity index (χ1n) is 8.74. The first kappa shape index (κ1) is 18.1. The number of methoxy groups -OCH3 is 2. The van der Waals surface area contributed by atoms with E-state index in [1.165, 1.54) is 5.56 Å². The van der Waals surface area contributed by atoms with Gasteiger partial charge in [0.05, 0.1) is 19.9 Å². The third-order valence-electron chi connectivity index (χ3n) is 4.59. The van der Waals surface area contributed by atoms with Gasteiger partial charge in [-0.05, 0) is 18.2 Å². The Morgan fingerprint density at radius 2 is 1.54 bits per heavy atom. The normalized spacial score (nSPS) is 14.8. The lowest BCUT2D eigenvalue weighted by molar-refractivity contribution is 0.142. The summed E-state index contributed by atoms with van der Waals surface area (Å²) < 4.78 is 10.7. The molecule has 0 spiro atoms. The van der Waals surface area contributed by atoms with E-state index in [4.69, 9.17) is 9.47 Å². The molecule has 6 heteroatoms. The van der Waals surface area contributed by atoms with E-state index in [9.17, 15) is 4.79 Å². The van der Waals surface area contributed by atoms with Crippen LogP contribution in [-0.2, 0) is 6.54 Å². The van der Waals surface area contributed by atoms with Gasteiger partial charge >= 0.3 is 6.03 Å². The van der Waals surface area contributed by atoms with E-state index in [-0.39, 0.29) is 6.03 Å². The lowest BCUT2D eigenvalue weighted by Gasteiger charge is -2.35. The highest BCUT2D eigenvalue weighted by molar-refractivity contribution is 5.91. The number of para-hydroxylation sites is 3. The third-order valence-corrected chi connectivity index (χ3v) is 4.59. The monoisotopic (exact) mass is 355 g/mol. The Hall–Kier alpha value is -2.73. The van der Waals surface area contributed by atoms with Crippen LogP contribution in [-0.4, -0.2) is 56.2 Å². The van der Waals surface area contributed by atoms with Crippen molar-refractivity contribution in [2.24, 2.45) is 0 Å². The Bertz CT molecular complexity index is 743. The molecule has 138 valence electrons. The highest BCUT2D eigenvalue weighted by atomic mass is 16.5. The fourth-order valence-electron chi connectivity index (χ4n) is 3.13. The summed E-state index contributed by atoms with van der Waals surface area (Å²) in [5, 5.41) is 2.94. The Balaban J connectivity index is 1.54. The molecule has 0 aromatic heterocycles. The Morgan fingerprint density at radius 3 is 2.23 bits per heavy atom. The SMILES string of the molecule is COc1ccccc1CN1CCN(C(=O)Nc2ccccc2OC)CC1. The average molecular weight is 355 g/mol. The molecule has 0 radical (unpaired) electrons. The molecule has 6 nitrogen and oxygen atoms in total. The van der Waals surface area contributed by atoms with Crippen LogP contribution in [0.15, 0.2) is 48.5 Å². The van der Waals surface area contributed by atoms with Crippen LogP contribution in [0.25, 0.3) is 0 Å². The summed E-state index contributed by atoms with van der Waals surface area (Å²) in [6.45, 7) is 3.87. The molecule has 2 aromatic rings. The number of nitrogens with one attached hydrogen (secondary N) is 1. The summed E-state index contributed by atoms with van der Waals surface area (Å²) >= 11 is 0. The second kappa shape index (κ2) is 8.58. The van der Waals surface area contributed by atoms with Gasteiger partial charge in [0.15, 0.2) is 0 Å². The highest BCUT2D eigenvalue weighted by Crippen LogP contribution is 2.24. The molecule has 3 rings (SSSR count). The molecule has 1 saturated heterocycles. The lowest BCUT2D eigenvalue weighted by atomic mass is 10.1. The number of piperazine rings is 1. The summed E-state index contributed by atoms with van der Waals surface area (Å²) in [6.07, 6.45) is 0. The smallest absolute Gasteiger partial charge is 0.322 e. The summed E-state index contributed by atoms with van der Waals surface area (Å²) in [6, 6.07) is 15.4. The molecule has 2 amide bonds. The quantitative estimate of drug-likeness (QED) is 0.896. The number of anilines is 1. The highest BCUT2D eigenvalue weighted by Gasteiger charge is 2.22. The van der Waals surface area contributed by atoms with Crippen LogP contribution in [0.5, 0.6) is 11.5 Å². The molecule has 0 saturated carbocycles. The minimum Gasteiger partial charge on any atom is -0.496 e. The van der Waals surface area contributed by atoms with Crippen molar-refractivity contribution >= 4 is 11.7 Å². The van der Waals surface area contributed by atoms with Crippen LogP contribution in [0.3, 0.4) is 0 Å². The van der Waals surface area contributed by atoms with Crippen LogP contribution in [0, 0.1) is 0 Å². The number of carbonyl (C=O) groups is 1. The molecule has 1 aliphatic heterocycles. The zero-order valence-corrected chi connectivity index (χ0v) is 15.3. The van der Waals surface area contributed by atoms with Crippen LogP contribution in [0.4, 0.5) is 10.5 Å². The molecule has 1 N–H and O–H groups in total. The second-order valence-electron chi connectivity index (χ2n) is 6.21. The molecule has 2 aromatic carbocycles. The number of rotatable bonds is 5. The number of hydrogen-bond donors (Lipinski definition) is 1. The largest absolute Gasteiger partial charge is 0.496 e. The van der Waals surface area contributed by atoms with Crippen molar-refractivity contribution in [2.45, 2.75) is 6.54 Å². The van der Waals surface area contributed by atoms with Gasteiger partial charge in [0.2, 0.25) is 0 Å². The van der Waals surface area contributed by atoms with Gasteiger partial charge < -0.3 is 19.7 Å². The van der Waals surface area contributed by atoms with Crippen molar-refractivity contribution in [3.8, 4) is 11.5 Å². The number of hydrogen-bond acceptors (Lipinski definition) is 4. The van der Waals surface area contributed by atoms with E-state index < -0.39 is 0 Å². The van der Waals surface area contributed by atoms with Crippen molar-refractivity contribution in [3.63, 3.8) is 0 Å². The van der Waals surface area contributed by atoms with Gasteiger partial charge in [-0.1, -0.05) is 30.3 Å². The Morgan fingerprint density at radius 1 is 0.923 bits per heavy atom. The zero-order valence-electron chi connectivity index (χ0n) is 15.3. The number of carbonyl (C=O) groups excluding carboxylic acids is 1. The van der Waals surface area contributed by atoms with Crippen LogP contribution >= 0.6 is 0 Å². The van der Waals surface area contributed by atoms with Gasteiger partial charge in [-0.25, -0.2) is 4.79 Å². The van der Waals surface area contributed by atoms with Gasteiger partial charge in [0.1, 0.15) is 11.5 Å². The van der Waals surface area contributed by atoms with Crippen LogP contribution in [0.2, 0.25) is 0 Å². The Labute approximate surface area is 154 Å². The standard InChI is InChI=1S/C20H25N3O3/c1-25-18-9-5-3-7-16(18)15-22-11-13-23(14-12-22)20(24)21-17-8-4-6-10-19(17)26-2/h3-10H,11-15H2,1-2H3,(H,21,24). The molecule has 0 bridgehead atoms. The van der Waals surface area contributed by atoms with Gasteiger partial charge in [-0.3, -0.25) is 4.90 Å². The van der Waals surface area contributed by atoms with E-state index in [0.717, 1.165) is 25.4 Å². The van der Waals surface area contributed by atoms with E-state index >= 15 is 0 Å². The van der Waals surface area contributed by atoms with Crippen molar-refractivity contribution < 1.29 is 14.3 Å². The minimum absolute atomic E-state index is 0.0913. The van der Waals surface area contributed by atoms with Gasteiger partial charge in [-0.15, -0.1) is 0 Å². The molecular weight excluding hydrogens is 330 g/mol. The van der Waals surface area contributed by atoms with Gasteiger partial charge in [0, 0.05) is 38.3 Å². The molecule has 1 fully saturated rings. The summed E-state index contributed by atoms with van der Waals surface area (Å²) in [5.41, 5.74) is 1.86. The van der Waals surface area contributed by atoms with Crippen molar-refractivity contribution in [1.82, 2.24) is 9.80 Å². The predicted octanol–water partition coefficient (Wildman–Crippen LogP) is 3.05. The molecule has 0 aliphatic carbocycles. The maximum Gasteiger partial charge on any atom is 0.322 e. The molecular formula is C20H25N3O3. The van der Waals surface area contributed by atoms with E-state index in [1.54, 1.807) is 14.2 Å². The van der Waals surface area contributed by atoms with E-state index in [1.807, 2.05) is 47.4 Å². The fraction of sp³-hybridized carbons (Fsp3) is 0.350. The molecule has 0 unspecified atom stereocenters. The first-order valence-corrected chi connectivity index (χ1v) is 8.74. The topological polar surface area (TPSA) is 54.0 Å². The van der Waals surface area contributed by atoms with Crippen molar-refractivity contribution in [3.05, 3.63) is 54.1 Å². The van der Waals surface area contributed by atoms with E-state index in [2.05, 4.69) is 16.3 Å². The van der Waals surface area contributed by atoms with Gasteiger partial charge in [-0.2, -0.15) is 0 Å². The lowest BCUT2D eigenvalue weighted by Crippen LogP contribution is -2.49. The number of benzene rings is 2. The maximum atomic E-state index is 12.5. The molecule has 0 atom stereocenters. The Kier molecular flexibility index (Phi) is 5.96. The number of urea groups is 1. The second-order valence-corrected chi connectivity index (χ2v) is 6.21. The minimum atomic E-state index is -0.0913.